The lowest BCUT2D eigenvalue weighted by molar-refractivity contribution is 0.628. The largest absolute Gasteiger partial charge is 0.339 e. The first-order valence-corrected chi connectivity index (χ1v) is 5.98. The summed E-state index contributed by atoms with van der Waals surface area (Å²) in [4.78, 5) is 7.94. The van der Waals surface area contributed by atoms with Gasteiger partial charge in [0.15, 0.2) is 5.82 Å². The quantitative estimate of drug-likeness (QED) is 0.595. The number of nitrogen functional groups attached to an aromatic ring is 1. The van der Waals surface area contributed by atoms with Gasteiger partial charge in [-0.1, -0.05) is 11.6 Å². The Morgan fingerprint density at radius 1 is 1.28 bits per heavy atom. The van der Waals surface area contributed by atoms with Gasteiger partial charge in [-0.3, -0.25) is 0 Å². The van der Waals surface area contributed by atoms with Gasteiger partial charge in [0.1, 0.15) is 22.4 Å². The van der Waals surface area contributed by atoms with Crippen LogP contribution in [0.3, 0.4) is 0 Å². The average Bonchev–Trinajstić information content (AvgIpc) is 2.36. The molecule has 0 saturated carbocycles. The van der Waals surface area contributed by atoms with Gasteiger partial charge in [0.25, 0.3) is 0 Å². The first-order valence-electron chi connectivity index (χ1n) is 4.81. The zero-order valence-electron chi connectivity index (χ0n) is 8.92. The third-order valence-corrected chi connectivity index (χ3v) is 3.15. The van der Waals surface area contributed by atoms with Crippen LogP contribution in [0, 0.1) is 5.82 Å². The maximum Gasteiger partial charge on any atom is 0.159 e. The highest BCUT2D eigenvalue weighted by Gasteiger charge is 2.08. The maximum absolute atomic E-state index is 13.0. The molecule has 1 heterocycles. The molecule has 0 amide bonds. The molecule has 0 aliphatic heterocycles. The predicted molar refractivity (Wildman–Crippen MR) is 72.2 cm³/mol. The van der Waals surface area contributed by atoms with E-state index in [-0.39, 0.29) is 5.02 Å². The molecule has 0 aliphatic carbocycles. The molecule has 1 aromatic carbocycles. The highest BCUT2D eigenvalue weighted by atomic mass is 79.9. The topological polar surface area (TPSA) is 75.9 Å². The second-order valence-electron chi connectivity index (χ2n) is 3.28. The first kappa shape index (κ1) is 13.0. The molecule has 8 heteroatoms. The van der Waals surface area contributed by atoms with Crippen LogP contribution in [0.1, 0.15) is 0 Å². The van der Waals surface area contributed by atoms with Crippen molar-refractivity contribution in [2.75, 3.05) is 10.7 Å². The molecule has 0 spiro atoms. The minimum Gasteiger partial charge on any atom is -0.339 e. The van der Waals surface area contributed by atoms with Gasteiger partial charge in [-0.15, -0.1) is 0 Å². The third kappa shape index (κ3) is 2.69. The van der Waals surface area contributed by atoms with Crippen molar-refractivity contribution in [2.45, 2.75) is 0 Å². The number of hydrogen-bond donors (Lipinski definition) is 3. The number of anilines is 3. The predicted octanol–water partition coefficient (Wildman–Crippen LogP) is 3.06. The molecular weight excluding hydrogens is 324 g/mol. The third-order valence-electron chi connectivity index (χ3n) is 2.11. The van der Waals surface area contributed by atoms with Crippen LogP contribution in [0.15, 0.2) is 29.0 Å². The van der Waals surface area contributed by atoms with Crippen LogP contribution in [-0.4, -0.2) is 9.97 Å². The lowest BCUT2D eigenvalue weighted by atomic mass is 10.3. The molecule has 0 saturated heterocycles. The fraction of sp³-hybridized carbons (Fsp3) is 0. The molecule has 0 atom stereocenters. The van der Waals surface area contributed by atoms with E-state index >= 15 is 0 Å². The van der Waals surface area contributed by atoms with Crippen LogP contribution >= 0.6 is 27.5 Å². The SMILES string of the molecule is NNc1ncnc(Nc2ccc(F)c(Cl)c2)c1Br. The smallest absolute Gasteiger partial charge is 0.159 e. The van der Waals surface area contributed by atoms with Crippen molar-refractivity contribution in [2.24, 2.45) is 5.84 Å². The van der Waals surface area contributed by atoms with Gasteiger partial charge in [0.05, 0.1) is 5.02 Å². The van der Waals surface area contributed by atoms with Gasteiger partial charge in [-0.2, -0.15) is 0 Å². The number of hydrazine groups is 1. The van der Waals surface area contributed by atoms with E-state index in [9.17, 15) is 4.39 Å². The number of nitrogens with one attached hydrogen (secondary N) is 2. The summed E-state index contributed by atoms with van der Waals surface area (Å²) in [5.74, 6) is 5.73. The fourth-order valence-electron chi connectivity index (χ4n) is 1.27. The number of nitrogens with two attached hydrogens (primary N) is 1. The molecule has 18 heavy (non-hydrogen) atoms. The number of halogens is 3. The molecule has 5 nitrogen and oxygen atoms in total. The Hall–Kier alpha value is -1.44. The van der Waals surface area contributed by atoms with Crippen LogP contribution in [0.4, 0.5) is 21.7 Å². The van der Waals surface area contributed by atoms with E-state index in [1.54, 1.807) is 6.07 Å². The van der Waals surface area contributed by atoms with E-state index in [0.29, 0.717) is 21.8 Å². The van der Waals surface area contributed by atoms with E-state index in [1.807, 2.05) is 0 Å². The zero-order chi connectivity index (χ0) is 13.1. The number of aromatic nitrogens is 2. The van der Waals surface area contributed by atoms with E-state index < -0.39 is 5.82 Å². The summed E-state index contributed by atoms with van der Waals surface area (Å²) in [6.07, 6.45) is 1.34. The number of nitrogens with zero attached hydrogens (tertiary/aromatic N) is 2. The summed E-state index contributed by atoms with van der Waals surface area (Å²) in [5.41, 5.74) is 3.02. The van der Waals surface area contributed by atoms with E-state index in [1.165, 1.54) is 18.5 Å². The van der Waals surface area contributed by atoms with E-state index in [2.05, 4.69) is 36.6 Å². The average molecular weight is 333 g/mol. The second-order valence-corrected chi connectivity index (χ2v) is 4.48. The molecule has 0 unspecified atom stereocenters. The number of hydrogen-bond acceptors (Lipinski definition) is 5. The minimum absolute atomic E-state index is 0.0300. The van der Waals surface area contributed by atoms with E-state index in [4.69, 9.17) is 17.4 Å². The Kier molecular flexibility index (Phi) is 3.95. The molecule has 0 bridgehead atoms. The molecule has 0 radical (unpaired) electrons. The Balaban J connectivity index is 2.31. The van der Waals surface area contributed by atoms with Crippen molar-refractivity contribution in [3.05, 3.63) is 39.8 Å². The molecule has 4 N–H and O–H groups in total. The Morgan fingerprint density at radius 2 is 2.00 bits per heavy atom. The summed E-state index contributed by atoms with van der Waals surface area (Å²) >= 11 is 8.98. The minimum atomic E-state index is -0.478. The van der Waals surface area contributed by atoms with Gasteiger partial charge >= 0.3 is 0 Å². The molecule has 2 rings (SSSR count). The van der Waals surface area contributed by atoms with Gasteiger partial charge in [0, 0.05) is 5.69 Å². The fourth-order valence-corrected chi connectivity index (χ4v) is 1.87. The number of benzene rings is 1. The van der Waals surface area contributed by atoms with Gasteiger partial charge in [-0.25, -0.2) is 20.2 Å². The molecule has 0 fully saturated rings. The maximum atomic E-state index is 13.0. The highest BCUT2D eigenvalue weighted by Crippen LogP contribution is 2.29. The lowest BCUT2D eigenvalue weighted by Gasteiger charge is -2.10. The Morgan fingerprint density at radius 3 is 2.67 bits per heavy atom. The van der Waals surface area contributed by atoms with Crippen molar-refractivity contribution in [1.82, 2.24) is 9.97 Å². The molecule has 0 aliphatic rings. The van der Waals surface area contributed by atoms with Gasteiger partial charge in [0.2, 0.25) is 0 Å². The molecular formula is C10H8BrClFN5. The second kappa shape index (κ2) is 5.47. The van der Waals surface area contributed by atoms with E-state index in [0.717, 1.165) is 0 Å². The first-order chi connectivity index (χ1) is 8.61. The van der Waals surface area contributed by atoms with Crippen molar-refractivity contribution in [3.63, 3.8) is 0 Å². The van der Waals surface area contributed by atoms with Crippen LogP contribution in [0.25, 0.3) is 0 Å². The molecule has 1 aromatic heterocycles. The normalized spacial score (nSPS) is 10.2. The van der Waals surface area contributed by atoms with Gasteiger partial charge < -0.3 is 10.7 Å². The number of rotatable bonds is 3. The standard InChI is InChI=1S/C10H8BrClFN5/c11-8-9(15-4-16-10(8)18-14)17-5-1-2-7(13)6(12)3-5/h1-4H,14H2,(H2,15,16,17,18). The van der Waals surface area contributed by atoms with Crippen LogP contribution in [-0.2, 0) is 0 Å². The van der Waals surface area contributed by atoms with Crippen LogP contribution < -0.4 is 16.6 Å². The summed E-state index contributed by atoms with van der Waals surface area (Å²) in [6, 6.07) is 4.27. The van der Waals surface area contributed by atoms with Crippen molar-refractivity contribution in [1.29, 1.82) is 0 Å². The summed E-state index contributed by atoms with van der Waals surface area (Å²) in [5, 5.41) is 3.00. The molecule has 94 valence electrons. The summed E-state index contributed by atoms with van der Waals surface area (Å²) in [7, 11) is 0. The van der Waals surface area contributed by atoms with Crippen molar-refractivity contribution in [3.8, 4) is 0 Å². The Labute approximate surface area is 116 Å². The Bertz CT molecular complexity index is 580. The van der Waals surface area contributed by atoms with Crippen molar-refractivity contribution >= 4 is 44.9 Å². The lowest BCUT2D eigenvalue weighted by Crippen LogP contribution is -2.10. The monoisotopic (exact) mass is 331 g/mol. The van der Waals surface area contributed by atoms with Crippen molar-refractivity contribution < 1.29 is 4.39 Å². The van der Waals surface area contributed by atoms with Crippen LogP contribution in [0.2, 0.25) is 5.02 Å². The summed E-state index contributed by atoms with van der Waals surface area (Å²) < 4.78 is 13.6. The van der Waals surface area contributed by atoms with Gasteiger partial charge in [-0.05, 0) is 34.1 Å². The molecule has 2 aromatic rings. The zero-order valence-corrected chi connectivity index (χ0v) is 11.3. The summed E-state index contributed by atoms with van der Waals surface area (Å²) in [6.45, 7) is 0. The van der Waals surface area contributed by atoms with Crippen LogP contribution in [0.5, 0.6) is 0 Å². The highest BCUT2D eigenvalue weighted by molar-refractivity contribution is 9.10.